The molecule has 4 nitrogen and oxygen atoms in total. The average Bonchev–Trinajstić information content (AvgIpc) is 2.18. The molecule has 72 valence electrons. The lowest BCUT2D eigenvalue weighted by molar-refractivity contribution is -0.144. The van der Waals surface area contributed by atoms with Gasteiger partial charge in [-0.25, -0.2) is 9.59 Å². The molecule has 0 radical (unpaired) electrons. The quantitative estimate of drug-likeness (QED) is 0.302. The lowest BCUT2D eigenvalue weighted by atomic mass is 10.1. The summed E-state index contributed by atoms with van der Waals surface area (Å²) in [6.07, 6.45) is -0.0495. The first-order chi connectivity index (χ1) is 6.63. The second kappa shape index (κ2) is 4.32. The molecule has 0 heterocycles. The normalized spacial score (nSPS) is 9.21. The van der Waals surface area contributed by atoms with Crippen LogP contribution in [-0.4, -0.2) is 18.2 Å². The Labute approximate surface area is 80.5 Å². The van der Waals surface area contributed by atoms with Crippen molar-refractivity contribution >= 4 is 18.2 Å². The third-order valence-electron chi connectivity index (χ3n) is 1.58. The van der Waals surface area contributed by atoms with Crippen LogP contribution in [0.15, 0.2) is 24.3 Å². The molecule has 0 aliphatic heterocycles. The van der Waals surface area contributed by atoms with Gasteiger partial charge in [0.2, 0.25) is 6.29 Å². The first-order valence-corrected chi connectivity index (χ1v) is 3.91. The molecule has 1 rings (SSSR count). The van der Waals surface area contributed by atoms with Crippen molar-refractivity contribution in [3.8, 4) is 0 Å². The molecule has 0 saturated heterocycles. The van der Waals surface area contributed by atoms with Gasteiger partial charge in [-0.05, 0) is 19.1 Å². The number of benzene rings is 1. The van der Waals surface area contributed by atoms with Crippen LogP contribution in [0.4, 0.5) is 0 Å². The van der Waals surface area contributed by atoms with Crippen LogP contribution < -0.4 is 0 Å². The van der Waals surface area contributed by atoms with Crippen LogP contribution in [0.1, 0.15) is 15.9 Å². The molecule has 0 aliphatic rings. The van der Waals surface area contributed by atoms with Crippen LogP contribution in [0.25, 0.3) is 0 Å². The minimum Gasteiger partial charge on any atom is -0.384 e. The highest BCUT2D eigenvalue weighted by Crippen LogP contribution is 2.04. The fraction of sp³-hybridized carbons (Fsp3) is 0.100. The molecule has 0 fully saturated rings. The number of hydrogen-bond donors (Lipinski definition) is 0. The number of esters is 2. The van der Waals surface area contributed by atoms with E-state index in [1.54, 1.807) is 12.1 Å². The number of aryl methyl sites for hydroxylation is 1. The summed E-state index contributed by atoms with van der Waals surface area (Å²) < 4.78 is 4.18. The van der Waals surface area contributed by atoms with Gasteiger partial charge in [-0.3, -0.25) is 4.79 Å². The van der Waals surface area contributed by atoms with Gasteiger partial charge in [0.1, 0.15) is 0 Å². The molecule has 0 saturated carbocycles. The van der Waals surface area contributed by atoms with E-state index in [1.807, 2.05) is 6.92 Å². The highest BCUT2D eigenvalue weighted by molar-refractivity contribution is 6.23. The number of ether oxygens (including phenoxy) is 1. The summed E-state index contributed by atoms with van der Waals surface area (Å²) in [5.41, 5.74) is 1.23. The molecule has 0 N–H and O–H groups in total. The molecular weight excluding hydrogens is 184 g/mol. The smallest absolute Gasteiger partial charge is 0.379 e. The summed E-state index contributed by atoms with van der Waals surface area (Å²) in [5, 5.41) is 0. The molecule has 0 aromatic heterocycles. The standard InChI is InChI=1S/C10H8O4/c1-7-2-4-8(5-3-7)10(13)14-9(12)6-11/h2-6H,1H3. The van der Waals surface area contributed by atoms with Crippen molar-refractivity contribution < 1.29 is 19.1 Å². The van der Waals surface area contributed by atoms with E-state index in [9.17, 15) is 14.4 Å². The maximum atomic E-state index is 11.1. The van der Waals surface area contributed by atoms with Crippen LogP contribution in [0, 0.1) is 6.92 Å². The Morgan fingerprint density at radius 3 is 2.29 bits per heavy atom. The summed E-state index contributed by atoms with van der Waals surface area (Å²) in [7, 11) is 0. The fourth-order valence-corrected chi connectivity index (χ4v) is 0.864. The molecular formula is C10H8O4. The minimum absolute atomic E-state index is 0.0495. The van der Waals surface area contributed by atoms with Gasteiger partial charge in [-0.15, -0.1) is 0 Å². The Morgan fingerprint density at radius 2 is 1.79 bits per heavy atom. The van der Waals surface area contributed by atoms with Crippen LogP contribution in [0.3, 0.4) is 0 Å². The molecule has 0 bridgehead atoms. The van der Waals surface area contributed by atoms with Crippen LogP contribution >= 0.6 is 0 Å². The average molecular weight is 192 g/mol. The first-order valence-electron chi connectivity index (χ1n) is 3.91. The number of carbonyl (C=O) groups excluding carboxylic acids is 3. The van der Waals surface area contributed by atoms with Crippen LogP contribution in [-0.2, 0) is 14.3 Å². The van der Waals surface area contributed by atoms with Crippen molar-refractivity contribution in [1.29, 1.82) is 0 Å². The Kier molecular flexibility index (Phi) is 3.12. The molecule has 0 unspecified atom stereocenters. The number of hydrogen-bond acceptors (Lipinski definition) is 4. The second-order valence-corrected chi connectivity index (χ2v) is 2.69. The highest BCUT2D eigenvalue weighted by atomic mass is 16.6. The van der Waals surface area contributed by atoms with E-state index in [1.165, 1.54) is 12.1 Å². The van der Waals surface area contributed by atoms with Crippen molar-refractivity contribution in [2.75, 3.05) is 0 Å². The molecule has 0 amide bonds. The Balaban J connectivity index is 2.75. The van der Waals surface area contributed by atoms with Gasteiger partial charge in [0, 0.05) is 0 Å². The largest absolute Gasteiger partial charge is 0.384 e. The van der Waals surface area contributed by atoms with Gasteiger partial charge in [0.15, 0.2) is 0 Å². The summed E-state index contributed by atoms with van der Waals surface area (Å²) in [5.74, 6) is -2.00. The van der Waals surface area contributed by atoms with Gasteiger partial charge in [-0.2, -0.15) is 0 Å². The molecule has 0 spiro atoms. The third kappa shape index (κ3) is 2.52. The maximum Gasteiger partial charge on any atom is 0.379 e. The fourth-order valence-electron chi connectivity index (χ4n) is 0.864. The van der Waals surface area contributed by atoms with Crippen molar-refractivity contribution in [2.45, 2.75) is 6.92 Å². The predicted molar refractivity (Wildman–Crippen MR) is 47.7 cm³/mol. The Morgan fingerprint density at radius 1 is 1.21 bits per heavy atom. The molecule has 1 aromatic carbocycles. The third-order valence-corrected chi connectivity index (χ3v) is 1.58. The lowest BCUT2D eigenvalue weighted by Crippen LogP contribution is -2.13. The van der Waals surface area contributed by atoms with Gasteiger partial charge < -0.3 is 4.74 Å². The zero-order valence-electron chi connectivity index (χ0n) is 7.52. The van der Waals surface area contributed by atoms with Crippen molar-refractivity contribution in [3.63, 3.8) is 0 Å². The zero-order valence-corrected chi connectivity index (χ0v) is 7.52. The van der Waals surface area contributed by atoms with E-state index in [4.69, 9.17) is 0 Å². The Bertz CT molecular complexity index is 364. The van der Waals surface area contributed by atoms with E-state index in [2.05, 4.69) is 4.74 Å². The maximum absolute atomic E-state index is 11.1. The summed E-state index contributed by atoms with van der Waals surface area (Å²) in [6.45, 7) is 1.87. The van der Waals surface area contributed by atoms with Crippen molar-refractivity contribution in [1.82, 2.24) is 0 Å². The Hall–Kier alpha value is -1.97. The van der Waals surface area contributed by atoms with E-state index >= 15 is 0 Å². The summed E-state index contributed by atoms with van der Waals surface area (Å²) >= 11 is 0. The molecule has 14 heavy (non-hydrogen) atoms. The number of aldehydes is 1. The minimum atomic E-state index is -1.18. The number of carbonyl (C=O) groups is 3. The van der Waals surface area contributed by atoms with Gasteiger partial charge >= 0.3 is 11.9 Å². The van der Waals surface area contributed by atoms with Crippen LogP contribution in [0.2, 0.25) is 0 Å². The SMILES string of the molecule is Cc1ccc(C(=O)OC(=O)C=O)cc1. The van der Waals surface area contributed by atoms with Gasteiger partial charge in [0.05, 0.1) is 5.56 Å². The second-order valence-electron chi connectivity index (χ2n) is 2.69. The predicted octanol–water partition coefficient (Wildman–Crippen LogP) is 0.877. The molecule has 4 heteroatoms. The lowest BCUT2D eigenvalue weighted by Gasteiger charge is -1.99. The molecule has 0 atom stereocenters. The van der Waals surface area contributed by atoms with Gasteiger partial charge in [0.25, 0.3) is 0 Å². The molecule has 0 aliphatic carbocycles. The molecule has 1 aromatic rings. The van der Waals surface area contributed by atoms with E-state index in [0.717, 1.165) is 5.56 Å². The van der Waals surface area contributed by atoms with Crippen molar-refractivity contribution in [3.05, 3.63) is 35.4 Å². The summed E-state index contributed by atoms with van der Waals surface area (Å²) in [6, 6.07) is 6.47. The zero-order chi connectivity index (χ0) is 10.6. The van der Waals surface area contributed by atoms with E-state index in [-0.39, 0.29) is 11.8 Å². The van der Waals surface area contributed by atoms with Crippen molar-refractivity contribution in [2.24, 2.45) is 0 Å². The monoisotopic (exact) mass is 192 g/mol. The topological polar surface area (TPSA) is 60.4 Å². The number of rotatable bonds is 2. The highest BCUT2D eigenvalue weighted by Gasteiger charge is 2.10. The van der Waals surface area contributed by atoms with Crippen LogP contribution in [0.5, 0.6) is 0 Å². The van der Waals surface area contributed by atoms with Gasteiger partial charge in [-0.1, -0.05) is 17.7 Å². The van der Waals surface area contributed by atoms with E-state index < -0.39 is 11.9 Å². The summed E-state index contributed by atoms with van der Waals surface area (Å²) in [4.78, 5) is 31.5. The first kappa shape index (κ1) is 10.1. The van der Waals surface area contributed by atoms with E-state index in [0.29, 0.717) is 0 Å².